The Bertz CT molecular complexity index is 717. The molecule has 1 saturated carbocycles. The predicted octanol–water partition coefficient (Wildman–Crippen LogP) is 2.23. The molecule has 3 heterocycles. The molecule has 7 heteroatoms. The second-order valence-corrected chi connectivity index (χ2v) is 6.84. The van der Waals surface area contributed by atoms with Crippen molar-refractivity contribution < 1.29 is 14.6 Å². The summed E-state index contributed by atoms with van der Waals surface area (Å²) in [5.41, 5.74) is 2.60. The fourth-order valence-electron chi connectivity index (χ4n) is 3.78. The van der Waals surface area contributed by atoms with Gasteiger partial charge in [-0.15, -0.1) is 0 Å². The van der Waals surface area contributed by atoms with Crippen molar-refractivity contribution in [1.29, 1.82) is 0 Å². The molecule has 1 aliphatic carbocycles. The number of hydrogen-bond donors (Lipinski definition) is 2. The molecule has 118 valence electrons. The third-order valence-corrected chi connectivity index (χ3v) is 4.95. The topological polar surface area (TPSA) is 80.3 Å². The molecule has 2 aliphatic rings. The lowest BCUT2D eigenvalue weighted by Gasteiger charge is -2.22. The highest BCUT2D eigenvalue weighted by Gasteiger charge is 2.54. The molecule has 0 radical (unpaired) electrons. The van der Waals surface area contributed by atoms with Crippen LogP contribution in [0.4, 0.5) is 0 Å². The van der Waals surface area contributed by atoms with E-state index in [0.29, 0.717) is 5.15 Å². The number of aromatic nitrogens is 3. The van der Waals surface area contributed by atoms with E-state index in [9.17, 15) is 5.11 Å². The molecule has 4 atom stereocenters. The van der Waals surface area contributed by atoms with Crippen LogP contribution in [0.5, 0.6) is 0 Å². The summed E-state index contributed by atoms with van der Waals surface area (Å²) in [4.78, 5) is 11.5. The molecule has 0 unspecified atom stereocenters. The molecule has 2 aromatic heterocycles. The van der Waals surface area contributed by atoms with Gasteiger partial charge in [-0.3, -0.25) is 0 Å². The Morgan fingerprint density at radius 3 is 2.91 bits per heavy atom. The van der Waals surface area contributed by atoms with E-state index in [1.165, 1.54) is 6.33 Å². The van der Waals surface area contributed by atoms with Gasteiger partial charge in [0, 0.05) is 30.2 Å². The number of rotatable bonds is 2. The van der Waals surface area contributed by atoms with E-state index in [1.54, 1.807) is 0 Å². The molecular formula is C15H18ClN3O3. The first kappa shape index (κ1) is 14.4. The van der Waals surface area contributed by atoms with Crippen LogP contribution in [0, 0.1) is 5.92 Å². The number of nitrogens with zero attached hydrogens (tertiary/aromatic N) is 2. The fraction of sp³-hybridized carbons (Fsp3) is 0.600. The number of ether oxygens (including phenoxy) is 2. The van der Waals surface area contributed by atoms with Crippen LogP contribution < -0.4 is 0 Å². The number of aliphatic hydroxyl groups excluding tert-OH is 1. The third kappa shape index (κ3) is 2.06. The van der Waals surface area contributed by atoms with Gasteiger partial charge in [0.1, 0.15) is 11.8 Å². The van der Waals surface area contributed by atoms with Gasteiger partial charge in [-0.1, -0.05) is 11.6 Å². The minimum Gasteiger partial charge on any atom is -0.396 e. The molecule has 1 saturated heterocycles. The Balaban J connectivity index is 1.77. The van der Waals surface area contributed by atoms with E-state index >= 15 is 0 Å². The van der Waals surface area contributed by atoms with Crippen LogP contribution in [0.3, 0.4) is 0 Å². The van der Waals surface area contributed by atoms with Crippen molar-refractivity contribution in [3.05, 3.63) is 23.2 Å². The standard InChI is InChI=1S/C15H18ClN3O3/c1-15(2)21-12-7(5-20)3-8(13(12)22-15)9-4-17-11-10(9)18-6-19-14(11)16/h4,6-8,12-13,17,20H,3,5H2,1-2H3/t7-,8-,12-,13+/m1/s1. The second-order valence-electron chi connectivity index (χ2n) is 6.48. The molecule has 0 bridgehead atoms. The fourth-order valence-corrected chi connectivity index (χ4v) is 3.97. The molecule has 0 spiro atoms. The summed E-state index contributed by atoms with van der Waals surface area (Å²) in [7, 11) is 0. The van der Waals surface area contributed by atoms with Gasteiger partial charge in [0.15, 0.2) is 10.9 Å². The molecular weight excluding hydrogens is 306 g/mol. The van der Waals surface area contributed by atoms with E-state index in [0.717, 1.165) is 23.0 Å². The SMILES string of the molecule is CC1(C)O[C@@H]2[C@@H](CO)C[C@H](c3c[nH]c4c(Cl)ncnc34)[C@@H]2O1. The van der Waals surface area contributed by atoms with Crippen molar-refractivity contribution >= 4 is 22.6 Å². The first-order valence-electron chi connectivity index (χ1n) is 7.44. The van der Waals surface area contributed by atoms with Gasteiger partial charge in [0.25, 0.3) is 0 Å². The molecule has 0 amide bonds. The molecule has 6 nitrogen and oxygen atoms in total. The Labute approximate surface area is 132 Å². The third-order valence-electron chi connectivity index (χ3n) is 4.66. The van der Waals surface area contributed by atoms with Crippen molar-refractivity contribution in [3.63, 3.8) is 0 Å². The summed E-state index contributed by atoms with van der Waals surface area (Å²) in [5, 5.41) is 10.1. The number of hydrogen-bond acceptors (Lipinski definition) is 5. The number of aromatic amines is 1. The lowest BCUT2D eigenvalue weighted by molar-refractivity contribution is -0.159. The van der Waals surface area contributed by atoms with Crippen LogP contribution in [-0.2, 0) is 9.47 Å². The summed E-state index contributed by atoms with van der Waals surface area (Å²) < 4.78 is 12.1. The number of aliphatic hydroxyl groups is 1. The monoisotopic (exact) mass is 323 g/mol. The number of halogens is 1. The van der Waals surface area contributed by atoms with E-state index in [4.69, 9.17) is 21.1 Å². The van der Waals surface area contributed by atoms with Gasteiger partial charge in [0.05, 0.1) is 17.7 Å². The zero-order chi connectivity index (χ0) is 15.5. The van der Waals surface area contributed by atoms with Crippen LogP contribution in [0.15, 0.2) is 12.5 Å². The largest absolute Gasteiger partial charge is 0.396 e. The van der Waals surface area contributed by atoms with Gasteiger partial charge in [-0.2, -0.15) is 0 Å². The summed E-state index contributed by atoms with van der Waals surface area (Å²) >= 11 is 6.11. The maximum Gasteiger partial charge on any atom is 0.163 e. The first-order valence-corrected chi connectivity index (χ1v) is 7.82. The van der Waals surface area contributed by atoms with Crippen LogP contribution in [0.2, 0.25) is 5.15 Å². The van der Waals surface area contributed by atoms with E-state index in [-0.39, 0.29) is 30.7 Å². The maximum atomic E-state index is 9.67. The average molecular weight is 324 g/mol. The van der Waals surface area contributed by atoms with Gasteiger partial charge in [0.2, 0.25) is 0 Å². The van der Waals surface area contributed by atoms with E-state index in [1.807, 2.05) is 20.0 Å². The zero-order valence-corrected chi connectivity index (χ0v) is 13.2. The lowest BCUT2D eigenvalue weighted by Crippen LogP contribution is -2.27. The van der Waals surface area contributed by atoms with Gasteiger partial charge >= 0.3 is 0 Å². The number of H-pyrrole nitrogens is 1. The van der Waals surface area contributed by atoms with Crippen LogP contribution in [0.1, 0.15) is 31.7 Å². The highest BCUT2D eigenvalue weighted by atomic mass is 35.5. The van der Waals surface area contributed by atoms with Gasteiger partial charge in [-0.25, -0.2) is 9.97 Å². The average Bonchev–Trinajstić information content (AvgIpc) is 3.10. The summed E-state index contributed by atoms with van der Waals surface area (Å²) in [6, 6.07) is 0. The van der Waals surface area contributed by atoms with Crippen LogP contribution in [-0.4, -0.2) is 44.7 Å². The quantitative estimate of drug-likeness (QED) is 0.828. The van der Waals surface area contributed by atoms with Crippen LogP contribution >= 0.6 is 11.6 Å². The molecule has 1 aliphatic heterocycles. The van der Waals surface area contributed by atoms with E-state index < -0.39 is 5.79 Å². The molecule has 2 fully saturated rings. The van der Waals surface area contributed by atoms with Crippen molar-refractivity contribution in [3.8, 4) is 0 Å². The number of fused-ring (bicyclic) bond motifs is 2. The highest BCUT2D eigenvalue weighted by molar-refractivity contribution is 6.33. The Morgan fingerprint density at radius 2 is 2.14 bits per heavy atom. The summed E-state index contributed by atoms with van der Waals surface area (Å²) in [6.45, 7) is 3.91. The number of nitrogens with one attached hydrogen (secondary N) is 1. The van der Waals surface area contributed by atoms with E-state index in [2.05, 4.69) is 15.0 Å². The van der Waals surface area contributed by atoms with Crippen molar-refractivity contribution in [2.45, 2.75) is 44.2 Å². The Morgan fingerprint density at radius 1 is 1.36 bits per heavy atom. The minimum absolute atomic E-state index is 0.0686. The predicted molar refractivity (Wildman–Crippen MR) is 80.7 cm³/mol. The lowest BCUT2D eigenvalue weighted by atomic mass is 9.96. The Hall–Kier alpha value is -1.21. The molecule has 22 heavy (non-hydrogen) atoms. The molecule has 4 rings (SSSR count). The van der Waals surface area contributed by atoms with Crippen LogP contribution in [0.25, 0.3) is 11.0 Å². The second kappa shape index (κ2) is 4.89. The Kier molecular flexibility index (Phi) is 3.20. The molecule has 2 N–H and O–H groups in total. The minimum atomic E-state index is -0.625. The van der Waals surface area contributed by atoms with Crippen molar-refractivity contribution in [1.82, 2.24) is 15.0 Å². The highest BCUT2D eigenvalue weighted by Crippen LogP contribution is 2.49. The molecule has 0 aromatic carbocycles. The normalized spacial score (nSPS) is 33.5. The first-order chi connectivity index (χ1) is 10.5. The van der Waals surface area contributed by atoms with Crippen molar-refractivity contribution in [2.24, 2.45) is 5.92 Å². The van der Waals surface area contributed by atoms with Gasteiger partial charge in [-0.05, 0) is 20.3 Å². The smallest absolute Gasteiger partial charge is 0.163 e. The summed E-state index contributed by atoms with van der Waals surface area (Å²) in [6.07, 6.45) is 4.01. The zero-order valence-electron chi connectivity index (χ0n) is 12.4. The van der Waals surface area contributed by atoms with Crippen molar-refractivity contribution in [2.75, 3.05) is 6.61 Å². The van der Waals surface area contributed by atoms with Gasteiger partial charge < -0.3 is 19.6 Å². The summed E-state index contributed by atoms with van der Waals surface area (Å²) in [5.74, 6) is -0.442. The molecule has 2 aromatic rings. The maximum absolute atomic E-state index is 9.67.